The minimum Gasteiger partial charge on any atom is -0.493 e. The molecule has 3 aromatic carbocycles. The summed E-state index contributed by atoms with van der Waals surface area (Å²) in [6, 6.07) is 22.5. The van der Waals surface area contributed by atoms with Gasteiger partial charge >= 0.3 is 5.97 Å². The highest BCUT2D eigenvalue weighted by Crippen LogP contribution is 2.25. The highest BCUT2D eigenvalue weighted by atomic mass is 16.5. The largest absolute Gasteiger partial charge is 0.493 e. The third-order valence-corrected chi connectivity index (χ3v) is 5.40. The SMILES string of the molecule is CCc1ccc(OC(C)CCOc2ccc(CCC(=O)O)cc2)c(C(=O)c2ccccc2)c1. The number of carbonyl (C=O) groups excluding carboxylic acids is 1. The average Bonchev–Trinajstić information content (AvgIpc) is 2.84. The van der Waals surface area contributed by atoms with Gasteiger partial charge in [0.25, 0.3) is 0 Å². The van der Waals surface area contributed by atoms with Crippen molar-refractivity contribution in [3.8, 4) is 11.5 Å². The molecular weight excluding hydrogens is 416 g/mol. The van der Waals surface area contributed by atoms with Crippen LogP contribution >= 0.6 is 0 Å². The molecule has 0 radical (unpaired) electrons. The van der Waals surface area contributed by atoms with Crippen LogP contribution in [0.3, 0.4) is 0 Å². The molecule has 1 atom stereocenters. The summed E-state index contributed by atoms with van der Waals surface area (Å²) >= 11 is 0. The standard InChI is InChI=1S/C28H30O5/c1-3-21-11-15-26(25(19-21)28(31)23-7-5-4-6-8-23)33-20(2)17-18-32-24-13-9-22(10-14-24)12-16-27(29)30/h4-11,13-15,19-20H,3,12,16-18H2,1-2H3,(H,29,30). The van der Waals surface area contributed by atoms with Crippen molar-refractivity contribution >= 4 is 11.8 Å². The summed E-state index contributed by atoms with van der Waals surface area (Å²) in [7, 11) is 0. The summed E-state index contributed by atoms with van der Waals surface area (Å²) in [5.41, 5.74) is 3.26. The normalized spacial score (nSPS) is 11.6. The number of carboxylic acids is 1. The molecule has 172 valence electrons. The first-order chi connectivity index (χ1) is 16.0. The molecule has 1 N–H and O–H groups in total. The topological polar surface area (TPSA) is 72.8 Å². The van der Waals surface area contributed by atoms with Gasteiger partial charge in [0, 0.05) is 18.4 Å². The Kier molecular flexibility index (Phi) is 8.64. The van der Waals surface area contributed by atoms with Crippen molar-refractivity contribution in [2.75, 3.05) is 6.61 Å². The van der Waals surface area contributed by atoms with Crippen LogP contribution in [0.1, 0.15) is 53.7 Å². The van der Waals surface area contributed by atoms with Gasteiger partial charge in [-0.2, -0.15) is 0 Å². The Balaban J connectivity index is 1.58. The minimum atomic E-state index is -0.803. The van der Waals surface area contributed by atoms with Crippen LogP contribution in [0, 0.1) is 0 Å². The van der Waals surface area contributed by atoms with E-state index in [4.69, 9.17) is 14.6 Å². The maximum absolute atomic E-state index is 13.1. The van der Waals surface area contributed by atoms with Crippen LogP contribution < -0.4 is 9.47 Å². The molecule has 0 saturated carbocycles. The van der Waals surface area contributed by atoms with E-state index in [1.807, 2.05) is 79.7 Å². The number of hydrogen-bond acceptors (Lipinski definition) is 4. The summed E-state index contributed by atoms with van der Waals surface area (Å²) in [6.45, 7) is 4.48. The lowest BCUT2D eigenvalue weighted by molar-refractivity contribution is -0.136. The molecule has 33 heavy (non-hydrogen) atoms. The summed E-state index contributed by atoms with van der Waals surface area (Å²) < 4.78 is 12.0. The van der Waals surface area contributed by atoms with Gasteiger partial charge in [0.15, 0.2) is 5.78 Å². The van der Waals surface area contributed by atoms with Crippen LogP contribution in [-0.4, -0.2) is 29.6 Å². The number of hydrogen-bond donors (Lipinski definition) is 1. The second-order valence-electron chi connectivity index (χ2n) is 7.98. The monoisotopic (exact) mass is 446 g/mol. The second-order valence-corrected chi connectivity index (χ2v) is 7.98. The summed E-state index contributed by atoms with van der Waals surface area (Å²) in [5, 5.41) is 8.78. The molecule has 3 rings (SSSR count). The zero-order valence-corrected chi connectivity index (χ0v) is 19.1. The lowest BCUT2D eigenvalue weighted by Gasteiger charge is -2.18. The van der Waals surface area contributed by atoms with Crippen molar-refractivity contribution in [3.63, 3.8) is 0 Å². The maximum Gasteiger partial charge on any atom is 0.303 e. The first-order valence-corrected chi connectivity index (χ1v) is 11.3. The number of carbonyl (C=O) groups is 2. The van der Waals surface area contributed by atoms with E-state index in [9.17, 15) is 9.59 Å². The van der Waals surface area contributed by atoms with Crippen molar-refractivity contribution in [2.45, 2.75) is 45.6 Å². The van der Waals surface area contributed by atoms with Crippen molar-refractivity contribution in [2.24, 2.45) is 0 Å². The smallest absolute Gasteiger partial charge is 0.303 e. The van der Waals surface area contributed by atoms with Gasteiger partial charge in [-0.15, -0.1) is 0 Å². The van der Waals surface area contributed by atoms with Gasteiger partial charge in [0.1, 0.15) is 11.5 Å². The molecule has 0 aliphatic carbocycles. The molecule has 0 bridgehead atoms. The van der Waals surface area contributed by atoms with E-state index in [2.05, 4.69) is 6.92 Å². The number of rotatable bonds is 12. The number of benzene rings is 3. The molecule has 0 saturated heterocycles. The molecule has 0 spiro atoms. The van der Waals surface area contributed by atoms with E-state index in [1.54, 1.807) is 0 Å². The summed E-state index contributed by atoms with van der Waals surface area (Å²) in [6.07, 6.45) is 1.96. The van der Waals surface area contributed by atoms with Crippen LogP contribution in [0.4, 0.5) is 0 Å². The van der Waals surface area contributed by atoms with Crippen LogP contribution in [0.25, 0.3) is 0 Å². The number of carboxylic acid groups (broad SMARTS) is 1. The van der Waals surface area contributed by atoms with E-state index in [0.29, 0.717) is 36.3 Å². The first kappa shape index (κ1) is 24.1. The van der Waals surface area contributed by atoms with Crippen molar-refractivity contribution in [1.82, 2.24) is 0 Å². The molecular formula is C28H30O5. The Morgan fingerprint density at radius 2 is 1.64 bits per heavy atom. The van der Waals surface area contributed by atoms with Crippen LogP contribution in [-0.2, 0) is 17.6 Å². The highest BCUT2D eigenvalue weighted by Gasteiger charge is 2.17. The molecule has 0 aliphatic heterocycles. The van der Waals surface area contributed by atoms with Crippen LogP contribution in [0.15, 0.2) is 72.8 Å². The van der Waals surface area contributed by atoms with E-state index in [1.165, 1.54) is 0 Å². The van der Waals surface area contributed by atoms with E-state index in [-0.39, 0.29) is 18.3 Å². The molecule has 1 unspecified atom stereocenters. The average molecular weight is 447 g/mol. The molecule has 0 aromatic heterocycles. The second kappa shape index (κ2) is 11.9. The van der Waals surface area contributed by atoms with Crippen molar-refractivity contribution in [3.05, 3.63) is 95.1 Å². The Morgan fingerprint density at radius 3 is 2.30 bits per heavy atom. The third-order valence-electron chi connectivity index (χ3n) is 5.40. The fourth-order valence-corrected chi connectivity index (χ4v) is 3.44. The lowest BCUT2D eigenvalue weighted by Crippen LogP contribution is -2.18. The van der Waals surface area contributed by atoms with Crippen molar-refractivity contribution in [1.29, 1.82) is 0 Å². The van der Waals surface area contributed by atoms with Gasteiger partial charge < -0.3 is 14.6 Å². The zero-order valence-electron chi connectivity index (χ0n) is 19.1. The zero-order chi connectivity index (χ0) is 23.6. The lowest BCUT2D eigenvalue weighted by atomic mass is 9.99. The predicted octanol–water partition coefficient (Wildman–Crippen LogP) is 5.73. The van der Waals surface area contributed by atoms with Crippen LogP contribution in [0.5, 0.6) is 11.5 Å². The first-order valence-electron chi connectivity index (χ1n) is 11.3. The minimum absolute atomic E-state index is 0.0488. The third kappa shape index (κ3) is 7.21. The molecule has 5 nitrogen and oxygen atoms in total. The highest BCUT2D eigenvalue weighted by molar-refractivity contribution is 6.10. The van der Waals surface area contributed by atoms with Crippen LogP contribution in [0.2, 0.25) is 0 Å². The molecule has 0 fully saturated rings. The Bertz CT molecular complexity index is 1060. The maximum atomic E-state index is 13.1. The Morgan fingerprint density at radius 1 is 0.939 bits per heavy atom. The Labute approximate surface area is 195 Å². The van der Waals surface area contributed by atoms with Gasteiger partial charge in [0.2, 0.25) is 0 Å². The molecule has 0 amide bonds. The van der Waals surface area contributed by atoms with Gasteiger partial charge in [0.05, 0.1) is 18.3 Å². The number of aryl methyl sites for hydroxylation is 2. The summed E-state index contributed by atoms with van der Waals surface area (Å²) in [5.74, 6) is 0.458. The summed E-state index contributed by atoms with van der Waals surface area (Å²) in [4.78, 5) is 23.8. The molecule has 0 heterocycles. The van der Waals surface area contributed by atoms with Gasteiger partial charge in [-0.25, -0.2) is 0 Å². The molecule has 3 aromatic rings. The van der Waals surface area contributed by atoms with Gasteiger partial charge in [-0.3, -0.25) is 9.59 Å². The van der Waals surface area contributed by atoms with Gasteiger partial charge in [-0.05, 0) is 55.2 Å². The quantitative estimate of drug-likeness (QED) is 0.360. The Hall–Kier alpha value is -3.60. The van der Waals surface area contributed by atoms with Crippen molar-refractivity contribution < 1.29 is 24.2 Å². The van der Waals surface area contributed by atoms with E-state index in [0.717, 1.165) is 23.3 Å². The van der Waals surface area contributed by atoms with E-state index >= 15 is 0 Å². The predicted molar refractivity (Wildman–Crippen MR) is 128 cm³/mol. The molecule has 5 heteroatoms. The number of ether oxygens (including phenoxy) is 2. The fraction of sp³-hybridized carbons (Fsp3) is 0.286. The van der Waals surface area contributed by atoms with Gasteiger partial charge in [-0.1, -0.05) is 55.5 Å². The number of ketones is 1. The molecule has 0 aliphatic rings. The fourth-order valence-electron chi connectivity index (χ4n) is 3.44. The number of aliphatic carboxylic acids is 1. The van der Waals surface area contributed by atoms with E-state index < -0.39 is 5.97 Å².